The molecule has 3 N–H and O–H groups in total. The van der Waals surface area contributed by atoms with E-state index in [1.165, 1.54) is 44.3 Å². The number of nitrogens with two attached hydrogens (primary N) is 1. The van der Waals surface area contributed by atoms with Crippen molar-refractivity contribution in [2.24, 2.45) is 17.8 Å². The molecule has 0 unspecified atom stereocenters. The molecule has 3 nitrogen and oxygen atoms in total. The van der Waals surface area contributed by atoms with Crippen LogP contribution in [0.5, 0.6) is 0 Å². The molecule has 21 heavy (non-hydrogen) atoms. The zero-order valence-electron chi connectivity index (χ0n) is 12.0. The van der Waals surface area contributed by atoms with Crippen molar-refractivity contribution in [1.29, 1.82) is 0 Å². The Labute approximate surface area is 132 Å². The van der Waals surface area contributed by atoms with Crippen LogP contribution in [0, 0.1) is 17.8 Å². The largest absolute Gasteiger partial charge is 0.397 e. The molecule has 2 aromatic rings. The standard InChI is InChI=1S/C17H20BrN3/c18-12-4-13(19)15-14(5-12)20-16(21-15)17-6-9-1-10(7-17)3-11(2-9)8-17/h4-5,9-11H,1-3,6-8,19H2,(H,20,21). The molecule has 0 aliphatic heterocycles. The fraction of sp³-hybridized carbons (Fsp3) is 0.588. The normalized spacial score (nSPS) is 37.5. The van der Waals surface area contributed by atoms with E-state index < -0.39 is 0 Å². The van der Waals surface area contributed by atoms with Gasteiger partial charge >= 0.3 is 0 Å². The van der Waals surface area contributed by atoms with Gasteiger partial charge in [-0.1, -0.05) is 15.9 Å². The highest BCUT2D eigenvalue weighted by Crippen LogP contribution is 2.60. The maximum absolute atomic E-state index is 6.15. The number of aromatic amines is 1. The van der Waals surface area contributed by atoms with E-state index >= 15 is 0 Å². The van der Waals surface area contributed by atoms with Gasteiger partial charge in [0, 0.05) is 9.89 Å². The molecule has 4 aliphatic rings. The number of nitrogens with one attached hydrogen (secondary N) is 1. The average molecular weight is 346 g/mol. The number of H-pyrrole nitrogens is 1. The second-order valence-electron chi connectivity index (χ2n) is 7.67. The summed E-state index contributed by atoms with van der Waals surface area (Å²) in [6.07, 6.45) is 8.40. The fourth-order valence-electron chi connectivity index (χ4n) is 5.76. The molecule has 1 heterocycles. The van der Waals surface area contributed by atoms with Gasteiger partial charge in [-0.25, -0.2) is 4.98 Å². The number of hydrogen-bond acceptors (Lipinski definition) is 2. The summed E-state index contributed by atoms with van der Waals surface area (Å²) in [6, 6.07) is 4.05. The van der Waals surface area contributed by atoms with E-state index in [9.17, 15) is 0 Å². The summed E-state index contributed by atoms with van der Waals surface area (Å²) in [5.41, 5.74) is 9.26. The minimum absolute atomic E-state index is 0.312. The van der Waals surface area contributed by atoms with Crippen molar-refractivity contribution in [3.8, 4) is 0 Å². The van der Waals surface area contributed by atoms with Gasteiger partial charge in [0.05, 0.1) is 11.2 Å². The molecule has 4 saturated carbocycles. The van der Waals surface area contributed by atoms with Gasteiger partial charge in [0.2, 0.25) is 0 Å². The Morgan fingerprint density at radius 2 is 1.71 bits per heavy atom. The van der Waals surface area contributed by atoms with E-state index in [0.717, 1.165) is 38.9 Å². The first kappa shape index (κ1) is 12.5. The first-order valence-corrected chi connectivity index (χ1v) is 8.86. The van der Waals surface area contributed by atoms with Crippen molar-refractivity contribution in [1.82, 2.24) is 9.97 Å². The maximum Gasteiger partial charge on any atom is 0.113 e. The van der Waals surface area contributed by atoms with Crippen LogP contribution in [0.1, 0.15) is 44.3 Å². The zero-order chi connectivity index (χ0) is 14.2. The Morgan fingerprint density at radius 3 is 2.33 bits per heavy atom. The van der Waals surface area contributed by atoms with Crippen LogP contribution in [-0.2, 0) is 5.41 Å². The van der Waals surface area contributed by atoms with E-state index in [4.69, 9.17) is 10.7 Å². The predicted octanol–water partition coefficient (Wildman–Crippen LogP) is 4.38. The second kappa shape index (κ2) is 4.03. The van der Waals surface area contributed by atoms with Crippen LogP contribution in [0.2, 0.25) is 0 Å². The number of fused-ring (bicyclic) bond motifs is 1. The molecule has 1 aromatic carbocycles. The number of aromatic nitrogens is 2. The van der Waals surface area contributed by atoms with Crippen molar-refractivity contribution in [3.63, 3.8) is 0 Å². The molecule has 0 radical (unpaired) electrons. The number of benzene rings is 1. The Bertz CT molecular complexity index is 698. The number of nitrogens with zero attached hydrogens (tertiary/aromatic N) is 1. The lowest BCUT2D eigenvalue weighted by Crippen LogP contribution is -2.49. The highest BCUT2D eigenvalue weighted by atomic mass is 79.9. The summed E-state index contributed by atoms with van der Waals surface area (Å²) in [7, 11) is 0. The molecule has 4 bridgehead atoms. The van der Waals surface area contributed by atoms with Gasteiger partial charge in [-0.2, -0.15) is 0 Å². The van der Waals surface area contributed by atoms with Gasteiger partial charge in [-0.15, -0.1) is 0 Å². The highest BCUT2D eigenvalue weighted by Gasteiger charge is 2.53. The first-order valence-electron chi connectivity index (χ1n) is 8.06. The van der Waals surface area contributed by atoms with Crippen LogP contribution >= 0.6 is 15.9 Å². The third-order valence-electron chi connectivity index (χ3n) is 6.12. The van der Waals surface area contributed by atoms with Gasteiger partial charge in [-0.05, 0) is 68.4 Å². The molecule has 6 rings (SSSR count). The van der Waals surface area contributed by atoms with E-state index in [2.05, 4.69) is 27.0 Å². The van der Waals surface area contributed by atoms with E-state index in [1.807, 2.05) is 6.07 Å². The Hall–Kier alpha value is -1.03. The molecule has 1 aromatic heterocycles. The van der Waals surface area contributed by atoms with E-state index in [1.54, 1.807) is 0 Å². The molecule has 110 valence electrons. The van der Waals surface area contributed by atoms with Crippen molar-refractivity contribution in [3.05, 3.63) is 22.4 Å². The molecular formula is C17H20BrN3. The van der Waals surface area contributed by atoms with Crippen LogP contribution in [0.15, 0.2) is 16.6 Å². The van der Waals surface area contributed by atoms with Gasteiger partial charge < -0.3 is 10.7 Å². The third-order valence-corrected chi connectivity index (χ3v) is 6.58. The van der Waals surface area contributed by atoms with Crippen molar-refractivity contribution in [2.45, 2.75) is 43.9 Å². The number of halogens is 1. The van der Waals surface area contributed by atoms with Gasteiger partial charge in [-0.3, -0.25) is 0 Å². The van der Waals surface area contributed by atoms with Crippen LogP contribution in [-0.4, -0.2) is 9.97 Å². The molecule has 0 spiro atoms. The summed E-state index contributed by atoms with van der Waals surface area (Å²) in [4.78, 5) is 8.56. The van der Waals surface area contributed by atoms with Crippen LogP contribution in [0.3, 0.4) is 0 Å². The minimum Gasteiger partial charge on any atom is -0.397 e. The Kier molecular flexibility index (Phi) is 2.40. The Balaban J connectivity index is 1.65. The predicted molar refractivity (Wildman–Crippen MR) is 88.1 cm³/mol. The van der Waals surface area contributed by atoms with Gasteiger partial charge in [0.15, 0.2) is 0 Å². The van der Waals surface area contributed by atoms with Gasteiger partial charge in [0.1, 0.15) is 11.3 Å². The number of rotatable bonds is 1. The average Bonchev–Trinajstić information content (AvgIpc) is 2.82. The fourth-order valence-corrected chi connectivity index (χ4v) is 6.24. The Morgan fingerprint density at radius 1 is 1.10 bits per heavy atom. The third kappa shape index (κ3) is 1.74. The SMILES string of the molecule is Nc1cc(Br)cc2[nH]c(C34CC5CC(CC(C5)C3)C4)nc12. The first-order chi connectivity index (χ1) is 10.1. The van der Waals surface area contributed by atoms with Crippen molar-refractivity contribution in [2.75, 3.05) is 5.73 Å². The highest BCUT2D eigenvalue weighted by molar-refractivity contribution is 9.10. The molecular weight excluding hydrogens is 326 g/mol. The number of hydrogen-bond donors (Lipinski definition) is 2. The molecule has 4 heteroatoms. The smallest absolute Gasteiger partial charge is 0.113 e. The lowest BCUT2D eigenvalue weighted by atomic mass is 9.49. The zero-order valence-corrected chi connectivity index (χ0v) is 13.6. The maximum atomic E-state index is 6.15. The molecule has 4 fully saturated rings. The lowest BCUT2D eigenvalue weighted by molar-refractivity contribution is -0.00886. The molecule has 0 saturated heterocycles. The van der Waals surface area contributed by atoms with Gasteiger partial charge in [0.25, 0.3) is 0 Å². The summed E-state index contributed by atoms with van der Waals surface area (Å²) < 4.78 is 1.02. The lowest BCUT2D eigenvalue weighted by Gasteiger charge is -2.55. The van der Waals surface area contributed by atoms with Crippen LogP contribution < -0.4 is 5.73 Å². The number of imidazole rings is 1. The summed E-state index contributed by atoms with van der Waals surface area (Å²) in [5, 5.41) is 0. The second-order valence-corrected chi connectivity index (χ2v) is 8.59. The molecule has 0 amide bonds. The summed E-state index contributed by atoms with van der Waals surface area (Å²) >= 11 is 3.53. The van der Waals surface area contributed by atoms with Crippen molar-refractivity contribution >= 4 is 32.7 Å². The number of nitrogen functional groups attached to an aromatic ring is 1. The van der Waals surface area contributed by atoms with Crippen LogP contribution in [0.4, 0.5) is 5.69 Å². The quantitative estimate of drug-likeness (QED) is 0.753. The summed E-state index contributed by atoms with van der Waals surface area (Å²) in [6.45, 7) is 0. The molecule has 0 atom stereocenters. The topological polar surface area (TPSA) is 54.7 Å². The molecule has 4 aliphatic carbocycles. The minimum atomic E-state index is 0.312. The van der Waals surface area contributed by atoms with Crippen LogP contribution in [0.25, 0.3) is 11.0 Å². The number of anilines is 1. The van der Waals surface area contributed by atoms with Crippen molar-refractivity contribution < 1.29 is 0 Å². The summed E-state index contributed by atoms with van der Waals surface area (Å²) in [5.74, 6) is 4.03. The van der Waals surface area contributed by atoms with E-state index in [0.29, 0.717) is 5.41 Å². The monoisotopic (exact) mass is 345 g/mol. The van der Waals surface area contributed by atoms with E-state index in [-0.39, 0.29) is 0 Å².